The first kappa shape index (κ1) is 26.8. The molecule has 3 aromatic carbocycles. The van der Waals surface area contributed by atoms with E-state index in [0.717, 1.165) is 24.2 Å². The average molecular weight is 604 g/mol. The van der Waals surface area contributed by atoms with E-state index in [9.17, 15) is 9.90 Å². The van der Waals surface area contributed by atoms with Gasteiger partial charge in [-0.05, 0) is 55.2 Å². The summed E-state index contributed by atoms with van der Waals surface area (Å²) in [7, 11) is 0. The van der Waals surface area contributed by atoms with E-state index in [-0.39, 0.29) is 35.1 Å². The number of fused-ring (bicyclic) bond motifs is 1. The van der Waals surface area contributed by atoms with Crippen LogP contribution in [0.4, 0.5) is 0 Å². The number of terminal acetylenes is 1. The van der Waals surface area contributed by atoms with Gasteiger partial charge in [0.1, 0.15) is 29.3 Å². The van der Waals surface area contributed by atoms with Crippen molar-refractivity contribution in [2.75, 3.05) is 0 Å². The molecule has 0 bridgehead atoms. The molecule has 1 aliphatic rings. The molecule has 2 aromatic heterocycles. The van der Waals surface area contributed by atoms with Gasteiger partial charge in [0.15, 0.2) is 5.58 Å². The molecule has 1 saturated carbocycles. The van der Waals surface area contributed by atoms with E-state index < -0.39 is 5.97 Å². The van der Waals surface area contributed by atoms with Crippen LogP contribution in [0.25, 0.3) is 22.4 Å². The maximum absolute atomic E-state index is 11.7. The van der Waals surface area contributed by atoms with Gasteiger partial charge < -0.3 is 18.8 Å². The van der Waals surface area contributed by atoms with E-state index in [1.165, 1.54) is 6.07 Å². The smallest absolute Gasteiger partial charge is 0.338 e. The summed E-state index contributed by atoms with van der Waals surface area (Å²) in [4.78, 5) is 15.8. The Morgan fingerprint density at radius 2 is 1.85 bits per heavy atom. The number of ether oxygens (including phenoxy) is 1. The summed E-state index contributed by atoms with van der Waals surface area (Å²) in [5.74, 6) is 8.54. The van der Waals surface area contributed by atoms with Crippen molar-refractivity contribution < 1.29 is 23.6 Å². The Labute approximate surface area is 249 Å². The number of hydrogen-bond acceptors (Lipinski definition) is 6. The molecule has 1 aliphatic carbocycles. The number of halogens is 3. The topological polar surface area (TPSA) is 98.6 Å². The van der Waals surface area contributed by atoms with Gasteiger partial charge in [0.25, 0.3) is 5.89 Å². The first-order chi connectivity index (χ1) is 19.8. The summed E-state index contributed by atoms with van der Waals surface area (Å²) in [6, 6.07) is 13.4. The molecule has 0 saturated heterocycles. The van der Waals surface area contributed by atoms with Crippen LogP contribution < -0.4 is 4.74 Å². The maximum atomic E-state index is 11.7. The standard InChI is InChI=1S/C31H17Cl3N2O5/c1-2-26-35-28-20(31(37)38)12-16(13-25(28)40-26)6-7-17-10-11-19(14-24(17)34)39-15-21-29(36-41-30(21)18-8-9-18)27-22(32)4-3-5-23(27)33/h1,3-5,10-14,18H,8-9,15H2,(H,37,38). The lowest BCUT2D eigenvalue weighted by molar-refractivity contribution is 0.0698. The predicted octanol–water partition coefficient (Wildman–Crippen LogP) is 7.98. The third-order valence-corrected chi connectivity index (χ3v) is 7.42. The van der Waals surface area contributed by atoms with Gasteiger partial charge in [0, 0.05) is 28.7 Å². The number of aromatic carboxylic acids is 1. The first-order valence-corrected chi connectivity index (χ1v) is 13.5. The molecule has 10 heteroatoms. The van der Waals surface area contributed by atoms with Crippen LogP contribution in [0.1, 0.15) is 57.5 Å². The zero-order valence-electron chi connectivity index (χ0n) is 21.0. The Hall–Kier alpha value is -4.40. The zero-order valence-corrected chi connectivity index (χ0v) is 23.3. The quantitative estimate of drug-likeness (QED) is 0.197. The van der Waals surface area contributed by atoms with Crippen LogP contribution in [0.5, 0.6) is 5.75 Å². The summed E-state index contributed by atoms with van der Waals surface area (Å²) in [5.41, 5.74) is 3.17. The fourth-order valence-corrected chi connectivity index (χ4v) is 5.15. The number of nitrogens with zero attached hydrogens (tertiary/aromatic N) is 2. The van der Waals surface area contributed by atoms with Crippen molar-refractivity contribution >= 4 is 51.9 Å². The van der Waals surface area contributed by atoms with Crippen LogP contribution in [-0.2, 0) is 6.61 Å². The van der Waals surface area contributed by atoms with Crippen molar-refractivity contribution in [3.05, 3.63) is 97.5 Å². The van der Waals surface area contributed by atoms with Crippen LogP contribution in [-0.4, -0.2) is 21.2 Å². The molecule has 0 amide bonds. The summed E-state index contributed by atoms with van der Waals surface area (Å²) < 4.78 is 17.2. The Kier molecular flexibility index (Phi) is 7.11. The van der Waals surface area contributed by atoms with Gasteiger partial charge in [0.05, 0.1) is 26.2 Å². The van der Waals surface area contributed by atoms with Crippen molar-refractivity contribution in [3.63, 3.8) is 0 Å². The third-order valence-electron chi connectivity index (χ3n) is 6.48. The molecule has 0 spiro atoms. The van der Waals surface area contributed by atoms with E-state index >= 15 is 0 Å². The molecular formula is C31H17Cl3N2O5. The second kappa shape index (κ2) is 10.9. The molecule has 2 heterocycles. The highest BCUT2D eigenvalue weighted by Gasteiger charge is 2.33. The normalized spacial score (nSPS) is 12.5. The summed E-state index contributed by atoms with van der Waals surface area (Å²) in [5, 5.41) is 15.2. The zero-order chi connectivity index (χ0) is 28.7. The highest BCUT2D eigenvalue weighted by molar-refractivity contribution is 6.39. The van der Waals surface area contributed by atoms with E-state index in [1.807, 2.05) is 0 Å². The number of carboxylic acid groups (broad SMARTS) is 1. The van der Waals surface area contributed by atoms with Gasteiger partial charge in [-0.2, -0.15) is 0 Å². The van der Waals surface area contributed by atoms with Crippen LogP contribution in [0.15, 0.2) is 57.5 Å². The van der Waals surface area contributed by atoms with Crippen molar-refractivity contribution in [1.29, 1.82) is 0 Å². The molecule has 6 rings (SSSR count). The number of aromatic nitrogens is 2. The van der Waals surface area contributed by atoms with Gasteiger partial charge >= 0.3 is 5.97 Å². The van der Waals surface area contributed by atoms with Crippen LogP contribution >= 0.6 is 34.8 Å². The minimum absolute atomic E-state index is 0.0104. The lowest BCUT2D eigenvalue weighted by Crippen LogP contribution is -2.00. The summed E-state index contributed by atoms with van der Waals surface area (Å²) in [6.07, 6.45) is 7.36. The molecule has 0 radical (unpaired) electrons. The summed E-state index contributed by atoms with van der Waals surface area (Å²) in [6.45, 7) is 0.169. The van der Waals surface area contributed by atoms with Crippen LogP contribution in [0.3, 0.4) is 0 Å². The molecule has 1 fully saturated rings. The summed E-state index contributed by atoms with van der Waals surface area (Å²) >= 11 is 19.4. The molecule has 5 aromatic rings. The Bertz CT molecular complexity index is 1930. The molecule has 0 aliphatic heterocycles. The number of carbonyl (C=O) groups is 1. The molecule has 7 nitrogen and oxygen atoms in total. The largest absolute Gasteiger partial charge is 0.489 e. The minimum Gasteiger partial charge on any atom is -0.489 e. The van der Waals surface area contributed by atoms with E-state index in [0.29, 0.717) is 43.2 Å². The lowest BCUT2D eigenvalue weighted by Gasteiger charge is -2.10. The molecule has 0 unspecified atom stereocenters. The van der Waals surface area contributed by atoms with Crippen LogP contribution in [0, 0.1) is 24.2 Å². The van der Waals surface area contributed by atoms with Gasteiger partial charge in [0.2, 0.25) is 0 Å². The van der Waals surface area contributed by atoms with E-state index in [2.05, 4.69) is 27.9 Å². The number of carboxylic acids is 1. The van der Waals surface area contributed by atoms with Crippen molar-refractivity contribution in [2.45, 2.75) is 25.4 Å². The minimum atomic E-state index is -1.17. The van der Waals surface area contributed by atoms with Crippen molar-refractivity contribution in [3.8, 4) is 41.2 Å². The van der Waals surface area contributed by atoms with E-state index in [4.69, 9.17) is 54.9 Å². The number of rotatable bonds is 6. The Morgan fingerprint density at radius 3 is 2.54 bits per heavy atom. The molecule has 1 N–H and O–H groups in total. The lowest BCUT2D eigenvalue weighted by atomic mass is 10.0. The highest BCUT2D eigenvalue weighted by atomic mass is 35.5. The molecule has 41 heavy (non-hydrogen) atoms. The second-order valence-corrected chi connectivity index (χ2v) is 10.5. The van der Waals surface area contributed by atoms with Crippen LogP contribution in [0.2, 0.25) is 15.1 Å². The van der Waals surface area contributed by atoms with Gasteiger partial charge in [-0.15, -0.1) is 6.42 Å². The fourth-order valence-electron chi connectivity index (χ4n) is 4.36. The number of hydrogen-bond donors (Lipinski definition) is 1. The number of benzene rings is 3. The average Bonchev–Trinajstić information content (AvgIpc) is 3.57. The van der Waals surface area contributed by atoms with Crippen molar-refractivity contribution in [2.24, 2.45) is 0 Å². The van der Waals surface area contributed by atoms with E-state index in [1.54, 1.807) is 42.5 Å². The monoisotopic (exact) mass is 602 g/mol. The number of oxazole rings is 1. The van der Waals surface area contributed by atoms with Gasteiger partial charge in [-0.3, -0.25) is 0 Å². The Morgan fingerprint density at radius 1 is 1.07 bits per heavy atom. The first-order valence-electron chi connectivity index (χ1n) is 12.3. The maximum Gasteiger partial charge on any atom is 0.338 e. The SMILES string of the molecule is C#Cc1nc2c(C(=O)O)cc(C#Cc3ccc(OCc4c(-c5c(Cl)cccc5Cl)noc4C4CC4)cc3Cl)cc2o1. The van der Waals surface area contributed by atoms with Crippen molar-refractivity contribution in [1.82, 2.24) is 10.1 Å². The third kappa shape index (κ3) is 5.36. The fraction of sp³-hybridized carbons (Fsp3) is 0.129. The predicted molar refractivity (Wildman–Crippen MR) is 155 cm³/mol. The Balaban J connectivity index is 1.25. The van der Waals surface area contributed by atoms with Gasteiger partial charge in [-0.1, -0.05) is 57.9 Å². The van der Waals surface area contributed by atoms with Gasteiger partial charge in [-0.25, -0.2) is 9.78 Å². The molecule has 202 valence electrons. The molecular weight excluding hydrogens is 587 g/mol. The second-order valence-electron chi connectivity index (χ2n) is 9.26. The molecule has 0 atom stereocenters. The highest BCUT2D eigenvalue weighted by Crippen LogP contribution is 2.46.